The lowest BCUT2D eigenvalue weighted by atomic mass is 9.98. The van der Waals surface area contributed by atoms with Gasteiger partial charge >= 0.3 is 0 Å². The van der Waals surface area contributed by atoms with Gasteiger partial charge in [0.25, 0.3) is 0 Å². The molecule has 2 rings (SSSR count). The Kier molecular flexibility index (Phi) is 5.36. The largest absolute Gasteiger partial charge is 0.322 e. The highest BCUT2D eigenvalue weighted by atomic mass is 19.1. The Bertz CT molecular complexity index is 544. The third kappa shape index (κ3) is 4.58. The number of rotatable bonds is 6. The molecule has 0 aliphatic rings. The van der Waals surface area contributed by atoms with Gasteiger partial charge < -0.3 is 10.6 Å². The van der Waals surface area contributed by atoms with E-state index in [2.05, 4.69) is 28.8 Å². The average Bonchev–Trinajstić information content (AvgIpc) is 2.48. The first kappa shape index (κ1) is 15.5. The predicted octanol–water partition coefficient (Wildman–Crippen LogP) is 2.38. The Labute approximate surface area is 124 Å². The van der Waals surface area contributed by atoms with Crippen molar-refractivity contribution in [2.45, 2.75) is 19.5 Å². The first-order chi connectivity index (χ1) is 10.1. The standard InChI is InChI=1S/C16H21FN4/c1-12(16(18)15-4-3-14(17)9-20-15)10-21(2)11-13-5-7-19-8-6-13/h3-9,12,16H,10-11,18H2,1-2H3. The SMILES string of the molecule is CC(CN(C)Cc1ccncc1)C(N)c1ccc(F)cn1. The number of nitrogens with two attached hydrogens (primary N) is 1. The molecule has 0 radical (unpaired) electrons. The summed E-state index contributed by atoms with van der Waals surface area (Å²) in [5.41, 5.74) is 8.15. The van der Waals surface area contributed by atoms with Crippen LogP contribution in [0.4, 0.5) is 4.39 Å². The first-order valence-electron chi connectivity index (χ1n) is 7.00. The van der Waals surface area contributed by atoms with Crippen LogP contribution in [0.25, 0.3) is 0 Å². The van der Waals surface area contributed by atoms with Gasteiger partial charge in [-0.15, -0.1) is 0 Å². The van der Waals surface area contributed by atoms with Gasteiger partial charge in [-0.3, -0.25) is 9.97 Å². The molecule has 2 aromatic heterocycles. The molecule has 0 amide bonds. The Balaban J connectivity index is 1.91. The molecule has 2 unspecified atom stereocenters. The van der Waals surface area contributed by atoms with Crippen LogP contribution in [-0.2, 0) is 6.54 Å². The zero-order valence-electron chi connectivity index (χ0n) is 12.4. The van der Waals surface area contributed by atoms with Crippen molar-refractivity contribution in [3.63, 3.8) is 0 Å². The minimum atomic E-state index is -0.339. The molecule has 2 N–H and O–H groups in total. The molecule has 0 aromatic carbocycles. The van der Waals surface area contributed by atoms with E-state index in [1.807, 2.05) is 12.1 Å². The van der Waals surface area contributed by atoms with E-state index in [-0.39, 0.29) is 17.8 Å². The fourth-order valence-electron chi connectivity index (χ4n) is 2.35. The summed E-state index contributed by atoms with van der Waals surface area (Å²) in [5, 5.41) is 0. The van der Waals surface area contributed by atoms with Crippen LogP contribution >= 0.6 is 0 Å². The molecule has 112 valence electrons. The molecule has 4 nitrogen and oxygen atoms in total. The molecule has 5 heteroatoms. The molecular formula is C16H21FN4. The van der Waals surface area contributed by atoms with E-state index >= 15 is 0 Å². The Hall–Kier alpha value is -1.85. The Morgan fingerprint density at radius 1 is 1.24 bits per heavy atom. The van der Waals surface area contributed by atoms with Crippen LogP contribution in [0.3, 0.4) is 0 Å². The lowest BCUT2D eigenvalue weighted by Gasteiger charge is -2.25. The van der Waals surface area contributed by atoms with Crippen LogP contribution in [0.15, 0.2) is 42.9 Å². The topological polar surface area (TPSA) is 55.0 Å². The van der Waals surface area contributed by atoms with Crippen LogP contribution in [0, 0.1) is 11.7 Å². The molecular weight excluding hydrogens is 267 g/mol. The summed E-state index contributed by atoms with van der Waals surface area (Å²) in [7, 11) is 2.06. The van der Waals surface area contributed by atoms with Gasteiger partial charge in [-0.2, -0.15) is 0 Å². The maximum atomic E-state index is 12.9. The van der Waals surface area contributed by atoms with Gasteiger partial charge in [-0.05, 0) is 42.8 Å². The quantitative estimate of drug-likeness (QED) is 0.886. The fraction of sp³-hybridized carbons (Fsp3) is 0.375. The Morgan fingerprint density at radius 3 is 2.57 bits per heavy atom. The molecule has 2 aromatic rings. The van der Waals surface area contributed by atoms with Gasteiger partial charge in [0.15, 0.2) is 0 Å². The van der Waals surface area contributed by atoms with E-state index in [9.17, 15) is 4.39 Å². The zero-order valence-corrected chi connectivity index (χ0v) is 12.4. The molecule has 21 heavy (non-hydrogen) atoms. The average molecular weight is 288 g/mol. The molecule has 0 fully saturated rings. The maximum absolute atomic E-state index is 12.9. The maximum Gasteiger partial charge on any atom is 0.141 e. The highest BCUT2D eigenvalue weighted by Crippen LogP contribution is 2.18. The molecule has 0 aliphatic heterocycles. The lowest BCUT2D eigenvalue weighted by Crippen LogP contribution is -2.31. The predicted molar refractivity (Wildman–Crippen MR) is 80.9 cm³/mol. The summed E-state index contributed by atoms with van der Waals surface area (Å²) in [4.78, 5) is 10.3. The van der Waals surface area contributed by atoms with Crippen molar-refractivity contribution in [1.82, 2.24) is 14.9 Å². The smallest absolute Gasteiger partial charge is 0.141 e. The van der Waals surface area contributed by atoms with Gasteiger partial charge in [-0.1, -0.05) is 6.92 Å². The van der Waals surface area contributed by atoms with Gasteiger partial charge in [0.1, 0.15) is 5.82 Å². The molecule has 2 heterocycles. The first-order valence-corrected chi connectivity index (χ1v) is 7.00. The van der Waals surface area contributed by atoms with Gasteiger partial charge in [-0.25, -0.2) is 4.39 Å². The van der Waals surface area contributed by atoms with Crippen LogP contribution in [0.5, 0.6) is 0 Å². The van der Waals surface area contributed by atoms with Crippen molar-refractivity contribution in [2.75, 3.05) is 13.6 Å². The molecule has 0 spiro atoms. The molecule has 2 atom stereocenters. The third-order valence-electron chi connectivity index (χ3n) is 3.51. The summed E-state index contributed by atoms with van der Waals surface area (Å²) in [6.07, 6.45) is 4.80. The van der Waals surface area contributed by atoms with Crippen LogP contribution < -0.4 is 5.73 Å². The van der Waals surface area contributed by atoms with Crippen molar-refractivity contribution in [1.29, 1.82) is 0 Å². The van der Waals surface area contributed by atoms with Gasteiger partial charge in [0.2, 0.25) is 0 Å². The summed E-state index contributed by atoms with van der Waals surface area (Å²) in [6.45, 7) is 3.76. The number of halogens is 1. The zero-order chi connectivity index (χ0) is 15.2. The van der Waals surface area contributed by atoms with Crippen molar-refractivity contribution in [2.24, 2.45) is 11.7 Å². The van der Waals surface area contributed by atoms with Crippen LogP contribution in [0.1, 0.15) is 24.2 Å². The van der Waals surface area contributed by atoms with Crippen molar-refractivity contribution in [3.8, 4) is 0 Å². The van der Waals surface area contributed by atoms with Crippen molar-refractivity contribution < 1.29 is 4.39 Å². The number of pyridine rings is 2. The summed E-state index contributed by atoms with van der Waals surface area (Å²) in [6, 6.07) is 6.85. The minimum absolute atomic E-state index is 0.203. The summed E-state index contributed by atoms with van der Waals surface area (Å²) < 4.78 is 12.9. The van der Waals surface area contributed by atoms with E-state index in [4.69, 9.17) is 5.73 Å². The molecule has 0 bridgehead atoms. The van der Waals surface area contributed by atoms with E-state index < -0.39 is 0 Å². The number of nitrogens with zero attached hydrogens (tertiary/aromatic N) is 3. The molecule has 0 saturated carbocycles. The van der Waals surface area contributed by atoms with E-state index in [0.717, 1.165) is 18.8 Å². The van der Waals surface area contributed by atoms with Crippen molar-refractivity contribution >= 4 is 0 Å². The third-order valence-corrected chi connectivity index (χ3v) is 3.51. The monoisotopic (exact) mass is 288 g/mol. The highest BCUT2D eigenvalue weighted by Gasteiger charge is 2.18. The Morgan fingerprint density at radius 2 is 1.95 bits per heavy atom. The highest BCUT2D eigenvalue weighted by molar-refractivity contribution is 5.11. The fourth-order valence-corrected chi connectivity index (χ4v) is 2.35. The van der Waals surface area contributed by atoms with E-state index in [1.54, 1.807) is 18.5 Å². The van der Waals surface area contributed by atoms with Crippen LogP contribution in [0.2, 0.25) is 0 Å². The van der Waals surface area contributed by atoms with E-state index in [1.165, 1.54) is 17.8 Å². The summed E-state index contributed by atoms with van der Waals surface area (Å²) >= 11 is 0. The van der Waals surface area contributed by atoms with Gasteiger partial charge in [0.05, 0.1) is 17.9 Å². The minimum Gasteiger partial charge on any atom is -0.322 e. The normalized spacial score (nSPS) is 14.1. The second-order valence-corrected chi connectivity index (χ2v) is 5.46. The number of hydrogen-bond donors (Lipinski definition) is 1. The van der Waals surface area contributed by atoms with Crippen molar-refractivity contribution in [3.05, 3.63) is 59.9 Å². The number of hydrogen-bond acceptors (Lipinski definition) is 4. The second kappa shape index (κ2) is 7.24. The number of aromatic nitrogens is 2. The molecule has 0 saturated heterocycles. The van der Waals surface area contributed by atoms with Crippen LogP contribution in [-0.4, -0.2) is 28.5 Å². The van der Waals surface area contributed by atoms with Gasteiger partial charge in [0, 0.05) is 25.5 Å². The lowest BCUT2D eigenvalue weighted by molar-refractivity contribution is 0.256. The summed E-state index contributed by atoms with van der Waals surface area (Å²) in [5.74, 6) is -0.122. The second-order valence-electron chi connectivity index (χ2n) is 5.46. The van der Waals surface area contributed by atoms with E-state index in [0.29, 0.717) is 0 Å². The molecule has 0 aliphatic carbocycles.